The summed E-state index contributed by atoms with van der Waals surface area (Å²) in [6.07, 6.45) is 2.84. The van der Waals surface area contributed by atoms with Crippen molar-refractivity contribution in [3.05, 3.63) is 34.5 Å². The lowest BCUT2D eigenvalue weighted by molar-refractivity contribution is -0.118. The lowest BCUT2D eigenvalue weighted by atomic mass is 9.92. The van der Waals surface area contributed by atoms with Crippen LogP contribution in [0.3, 0.4) is 0 Å². The summed E-state index contributed by atoms with van der Waals surface area (Å²) in [5.74, 6) is -3.12. The number of amides is 1. The van der Waals surface area contributed by atoms with Crippen LogP contribution in [0, 0.1) is 35.7 Å². The highest BCUT2D eigenvalue weighted by Crippen LogP contribution is 2.58. The molecule has 1 aliphatic carbocycles. The fourth-order valence-corrected chi connectivity index (χ4v) is 4.66. The van der Waals surface area contributed by atoms with E-state index in [4.69, 9.17) is 0 Å². The maximum absolute atomic E-state index is 14.0. The van der Waals surface area contributed by atoms with Crippen LogP contribution >= 0.6 is 11.3 Å². The number of anilines is 1. The third-order valence-electron chi connectivity index (χ3n) is 5.38. The van der Waals surface area contributed by atoms with Crippen molar-refractivity contribution in [2.75, 3.05) is 18.4 Å². The zero-order valence-corrected chi connectivity index (χ0v) is 15.0. The zero-order valence-electron chi connectivity index (χ0n) is 14.2. The van der Waals surface area contributed by atoms with E-state index in [9.17, 15) is 18.0 Å². The number of piperidine rings is 1. The van der Waals surface area contributed by atoms with Gasteiger partial charge >= 0.3 is 0 Å². The van der Waals surface area contributed by atoms with Crippen molar-refractivity contribution >= 4 is 22.4 Å². The number of aryl methyl sites for hydroxylation is 1. The minimum Gasteiger partial charge on any atom is -0.317 e. The van der Waals surface area contributed by atoms with Crippen molar-refractivity contribution in [2.24, 2.45) is 11.3 Å². The summed E-state index contributed by atoms with van der Waals surface area (Å²) in [5, 5.41) is 6.39. The van der Waals surface area contributed by atoms with E-state index in [1.165, 1.54) is 0 Å². The molecule has 138 valence electrons. The highest BCUT2D eigenvalue weighted by atomic mass is 32.1. The molecule has 2 aliphatic rings. The van der Waals surface area contributed by atoms with Crippen molar-refractivity contribution in [3.8, 4) is 11.3 Å². The first-order valence-electron chi connectivity index (χ1n) is 8.53. The smallest absolute Gasteiger partial charge is 0.229 e. The van der Waals surface area contributed by atoms with Crippen molar-refractivity contribution in [2.45, 2.75) is 26.2 Å². The monoisotopic (exact) mass is 381 g/mol. The molecule has 1 saturated carbocycles. The first-order valence-corrected chi connectivity index (χ1v) is 9.35. The van der Waals surface area contributed by atoms with Gasteiger partial charge in [-0.2, -0.15) is 0 Å². The van der Waals surface area contributed by atoms with Gasteiger partial charge in [0.1, 0.15) is 17.5 Å². The van der Waals surface area contributed by atoms with Crippen LogP contribution in [0.1, 0.15) is 24.1 Å². The summed E-state index contributed by atoms with van der Waals surface area (Å²) in [7, 11) is 0. The largest absolute Gasteiger partial charge is 0.317 e. The highest BCUT2D eigenvalue weighted by molar-refractivity contribution is 7.16. The number of nitrogens with zero attached hydrogens (tertiary/aromatic N) is 1. The topological polar surface area (TPSA) is 54.0 Å². The second-order valence-electron chi connectivity index (χ2n) is 7.03. The summed E-state index contributed by atoms with van der Waals surface area (Å²) in [4.78, 5) is 17.3. The van der Waals surface area contributed by atoms with Gasteiger partial charge < -0.3 is 10.6 Å². The number of halogens is 3. The molecule has 1 atom stereocenters. The SMILES string of the molecule is Cc1sc(NC(=O)C2CC23CCNCC3)nc1-c1c(F)cc(F)cc1F. The average molecular weight is 381 g/mol. The Hall–Kier alpha value is -1.93. The molecule has 4 nitrogen and oxygen atoms in total. The highest BCUT2D eigenvalue weighted by Gasteiger charge is 2.57. The van der Waals surface area contributed by atoms with E-state index in [0.29, 0.717) is 22.1 Å². The second-order valence-corrected chi connectivity index (χ2v) is 8.23. The molecule has 2 aromatic rings. The molecule has 8 heteroatoms. The molecule has 1 amide bonds. The number of nitrogens with one attached hydrogen (secondary N) is 2. The van der Waals surface area contributed by atoms with Crippen LogP contribution in [0.5, 0.6) is 0 Å². The third kappa shape index (κ3) is 3.01. The van der Waals surface area contributed by atoms with Crippen molar-refractivity contribution in [1.29, 1.82) is 0 Å². The fourth-order valence-electron chi connectivity index (χ4n) is 3.84. The van der Waals surface area contributed by atoms with Gasteiger partial charge in [0.15, 0.2) is 5.13 Å². The molecule has 2 fully saturated rings. The number of carbonyl (C=O) groups excluding carboxylic acids is 1. The van der Waals surface area contributed by atoms with Gasteiger partial charge in [-0.1, -0.05) is 0 Å². The van der Waals surface area contributed by atoms with E-state index < -0.39 is 17.5 Å². The third-order valence-corrected chi connectivity index (χ3v) is 6.26. The van der Waals surface area contributed by atoms with Gasteiger partial charge in [0.05, 0.1) is 11.3 Å². The molecule has 1 aromatic heterocycles. The standard InChI is InChI=1S/C18H18F3N3OS/c1-9-15(14-12(20)6-10(19)7-13(14)21)23-17(26-9)24-16(25)11-8-18(11)2-4-22-5-3-18/h6-7,11,22H,2-5,8H2,1H3,(H,23,24,25). The van der Waals surface area contributed by atoms with Crippen LogP contribution in [0.2, 0.25) is 0 Å². The lowest BCUT2D eigenvalue weighted by Gasteiger charge is -2.22. The van der Waals surface area contributed by atoms with E-state index in [1.807, 2.05) is 0 Å². The number of aromatic nitrogens is 1. The Balaban J connectivity index is 1.54. The van der Waals surface area contributed by atoms with E-state index in [2.05, 4.69) is 15.6 Å². The quantitative estimate of drug-likeness (QED) is 0.849. The molecule has 2 N–H and O–H groups in total. The van der Waals surface area contributed by atoms with Crippen LogP contribution in [0.15, 0.2) is 12.1 Å². The Labute approximate surface area is 152 Å². The Bertz CT molecular complexity index is 854. The number of carbonyl (C=O) groups is 1. The molecule has 0 radical (unpaired) electrons. The molecule has 1 aliphatic heterocycles. The van der Waals surface area contributed by atoms with Crippen molar-refractivity contribution in [1.82, 2.24) is 10.3 Å². The van der Waals surface area contributed by atoms with Crippen LogP contribution in [-0.4, -0.2) is 24.0 Å². The Morgan fingerprint density at radius 2 is 1.92 bits per heavy atom. The summed E-state index contributed by atoms with van der Waals surface area (Å²) < 4.78 is 41.1. The van der Waals surface area contributed by atoms with E-state index in [1.54, 1.807) is 6.92 Å². The van der Waals surface area contributed by atoms with Crippen molar-refractivity contribution < 1.29 is 18.0 Å². The van der Waals surface area contributed by atoms with Gasteiger partial charge in [-0.3, -0.25) is 4.79 Å². The summed E-state index contributed by atoms with van der Waals surface area (Å²) >= 11 is 1.16. The minimum atomic E-state index is -1.01. The predicted octanol–water partition coefficient (Wildman–Crippen LogP) is 3.86. The van der Waals surface area contributed by atoms with Crippen LogP contribution < -0.4 is 10.6 Å². The average Bonchev–Trinajstić information content (AvgIpc) is 3.14. The van der Waals surface area contributed by atoms with E-state index in [-0.39, 0.29) is 28.5 Å². The molecular weight excluding hydrogens is 363 g/mol. The molecule has 4 rings (SSSR count). The molecule has 1 saturated heterocycles. The normalized spacial score (nSPS) is 21.0. The zero-order chi connectivity index (χ0) is 18.5. The number of benzene rings is 1. The predicted molar refractivity (Wildman–Crippen MR) is 93.4 cm³/mol. The molecule has 1 unspecified atom stereocenters. The summed E-state index contributed by atoms with van der Waals surface area (Å²) in [5.41, 5.74) is -0.186. The van der Waals surface area contributed by atoms with Gasteiger partial charge in [0, 0.05) is 22.9 Å². The number of thiazole rings is 1. The molecule has 0 bridgehead atoms. The molecule has 1 spiro atoms. The summed E-state index contributed by atoms with van der Waals surface area (Å²) in [6.45, 7) is 3.51. The van der Waals surface area contributed by atoms with E-state index >= 15 is 0 Å². The van der Waals surface area contributed by atoms with Gasteiger partial charge in [-0.15, -0.1) is 11.3 Å². The molecular formula is C18H18F3N3OS. The minimum absolute atomic E-state index is 0.0310. The maximum Gasteiger partial charge on any atom is 0.229 e. The van der Waals surface area contributed by atoms with Crippen LogP contribution in [-0.2, 0) is 4.79 Å². The lowest BCUT2D eigenvalue weighted by Crippen LogP contribution is -2.31. The van der Waals surface area contributed by atoms with Crippen molar-refractivity contribution in [3.63, 3.8) is 0 Å². The first kappa shape index (κ1) is 17.5. The number of hydrogen-bond donors (Lipinski definition) is 2. The number of hydrogen-bond acceptors (Lipinski definition) is 4. The molecule has 2 heterocycles. The Kier molecular flexibility index (Phi) is 4.27. The van der Waals surface area contributed by atoms with Gasteiger partial charge in [-0.25, -0.2) is 18.2 Å². The second kappa shape index (κ2) is 6.35. The summed E-state index contributed by atoms with van der Waals surface area (Å²) in [6, 6.07) is 1.25. The van der Waals surface area contributed by atoms with Gasteiger partial charge in [0.25, 0.3) is 0 Å². The number of rotatable bonds is 3. The molecule has 26 heavy (non-hydrogen) atoms. The fraction of sp³-hybridized carbons (Fsp3) is 0.444. The first-order chi connectivity index (χ1) is 12.4. The maximum atomic E-state index is 14.0. The van der Waals surface area contributed by atoms with Crippen LogP contribution in [0.25, 0.3) is 11.3 Å². The van der Waals surface area contributed by atoms with E-state index in [0.717, 1.165) is 43.7 Å². The van der Waals surface area contributed by atoms with Gasteiger partial charge in [-0.05, 0) is 44.7 Å². The Morgan fingerprint density at radius 1 is 1.27 bits per heavy atom. The van der Waals surface area contributed by atoms with Gasteiger partial charge in [0.2, 0.25) is 5.91 Å². The Morgan fingerprint density at radius 3 is 2.58 bits per heavy atom. The van der Waals surface area contributed by atoms with Crippen LogP contribution in [0.4, 0.5) is 18.3 Å². The molecule has 1 aromatic carbocycles.